The molecule has 2 heterocycles. The van der Waals surface area contributed by atoms with Crippen molar-refractivity contribution in [2.75, 3.05) is 0 Å². The summed E-state index contributed by atoms with van der Waals surface area (Å²) >= 11 is 0. The minimum absolute atomic E-state index is 0.525. The maximum Gasteiger partial charge on any atom is 0.140 e. The predicted octanol–water partition coefficient (Wildman–Crippen LogP) is 8.38. The van der Waals surface area contributed by atoms with E-state index in [1.54, 1.807) is 0 Å². The average molecular weight is 454 g/mol. The zero-order valence-electron chi connectivity index (χ0n) is 19.9. The van der Waals surface area contributed by atoms with Crippen LogP contribution in [0.4, 0.5) is 0 Å². The first-order valence-electron chi connectivity index (χ1n) is 12.6. The van der Waals surface area contributed by atoms with E-state index in [0.29, 0.717) is 5.92 Å². The van der Waals surface area contributed by atoms with Crippen molar-refractivity contribution in [1.29, 1.82) is 0 Å². The topological polar surface area (TPSA) is 18.1 Å². The van der Waals surface area contributed by atoms with E-state index in [4.69, 9.17) is 4.42 Å². The normalized spacial score (nSPS) is 16.0. The molecule has 2 nitrogen and oxygen atoms in total. The van der Waals surface area contributed by atoms with Crippen molar-refractivity contribution in [2.24, 2.45) is 5.92 Å². The first-order chi connectivity index (χ1) is 17.3. The van der Waals surface area contributed by atoms with Gasteiger partial charge in [-0.2, -0.15) is 0 Å². The van der Waals surface area contributed by atoms with Gasteiger partial charge in [-0.1, -0.05) is 91.9 Å². The zero-order valence-corrected chi connectivity index (χ0v) is 19.9. The molecule has 1 atom stereocenters. The number of rotatable bonds is 3. The van der Waals surface area contributed by atoms with Crippen molar-refractivity contribution in [1.82, 2.24) is 4.57 Å². The number of nitrogens with zero attached hydrogens (tertiary/aromatic N) is 1. The van der Waals surface area contributed by atoms with E-state index < -0.39 is 0 Å². The Morgan fingerprint density at radius 1 is 0.743 bits per heavy atom. The molecule has 0 N–H and O–H groups in total. The molecule has 5 aromatic rings. The Balaban J connectivity index is 1.39. The highest BCUT2D eigenvalue weighted by atomic mass is 16.3. The molecule has 0 amide bonds. The van der Waals surface area contributed by atoms with E-state index in [-0.39, 0.29) is 0 Å². The molecule has 0 saturated carbocycles. The quantitative estimate of drug-likeness (QED) is 0.268. The summed E-state index contributed by atoms with van der Waals surface area (Å²) in [4.78, 5) is 0. The number of benzene rings is 3. The third-order valence-corrected chi connectivity index (χ3v) is 7.47. The molecular weight excluding hydrogens is 426 g/mol. The Morgan fingerprint density at radius 2 is 1.43 bits per heavy atom. The Hall–Kier alpha value is -4.04. The summed E-state index contributed by atoms with van der Waals surface area (Å²) in [6.07, 6.45) is 7.74. The van der Waals surface area contributed by atoms with E-state index in [0.717, 1.165) is 36.3 Å². The second-order valence-electron chi connectivity index (χ2n) is 9.80. The lowest BCUT2D eigenvalue weighted by Gasteiger charge is -2.19. The van der Waals surface area contributed by atoms with E-state index in [1.807, 2.05) is 0 Å². The van der Waals surface area contributed by atoms with Crippen molar-refractivity contribution >= 4 is 6.08 Å². The lowest BCUT2D eigenvalue weighted by Crippen LogP contribution is -2.11. The van der Waals surface area contributed by atoms with Gasteiger partial charge in [-0.25, -0.2) is 0 Å². The van der Waals surface area contributed by atoms with Gasteiger partial charge in [0, 0.05) is 33.8 Å². The maximum atomic E-state index is 6.59. The Kier molecular flexibility index (Phi) is 4.66. The Morgan fingerprint density at radius 3 is 2.17 bits per heavy atom. The molecule has 0 bridgehead atoms. The van der Waals surface area contributed by atoms with Gasteiger partial charge >= 0.3 is 0 Å². The fourth-order valence-electron chi connectivity index (χ4n) is 5.77. The van der Waals surface area contributed by atoms with Gasteiger partial charge in [0.1, 0.15) is 11.5 Å². The predicted molar refractivity (Wildman–Crippen MR) is 144 cm³/mol. The molecule has 0 spiro atoms. The third-order valence-electron chi connectivity index (χ3n) is 7.47. The van der Waals surface area contributed by atoms with Crippen molar-refractivity contribution in [3.63, 3.8) is 0 Å². The molecular formula is C33H27NO. The highest BCUT2D eigenvalue weighted by molar-refractivity contribution is 5.83. The van der Waals surface area contributed by atoms with Crippen molar-refractivity contribution in [2.45, 2.75) is 26.2 Å². The fourth-order valence-corrected chi connectivity index (χ4v) is 5.77. The highest BCUT2D eigenvalue weighted by Crippen LogP contribution is 2.46. The summed E-state index contributed by atoms with van der Waals surface area (Å²) in [5.74, 6) is 2.54. The van der Waals surface area contributed by atoms with Gasteiger partial charge in [-0.3, -0.25) is 0 Å². The molecule has 2 heteroatoms. The smallest absolute Gasteiger partial charge is 0.140 e. The molecule has 2 aliphatic carbocycles. The van der Waals surface area contributed by atoms with E-state index in [2.05, 4.69) is 115 Å². The van der Waals surface area contributed by atoms with Gasteiger partial charge < -0.3 is 8.98 Å². The number of hydrogen-bond acceptors (Lipinski definition) is 1. The van der Waals surface area contributed by atoms with Gasteiger partial charge in [0.15, 0.2) is 0 Å². The van der Waals surface area contributed by atoms with Crippen LogP contribution in [0.1, 0.15) is 29.4 Å². The van der Waals surface area contributed by atoms with Crippen LogP contribution in [-0.4, -0.2) is 4.57 Å². The largest absolute Gasteiger partial charge is 0.456 e. The number of aryl methyl sites for hydroxylation is 1. The van der Waals surface area contributed by atoms with Crippen molar-refractivity contribution in [3.05, 3.63) is 120 Å². The van der Waals surface area contributed by atoms with Gasteiger partial charge in [-0.15, -0.1) is 0 Å². The summed E-state index contributed by atoms with van der Waals surface area (Å²) in [6.45, 7) is 2.31. The molecule has 3 aromatic carbocycles. The Labute approximate surface area is 206 Å². The van der Waals surface area contributed by atoms with E-state index >= 15 is 0 Å². The summed E-state index contributed by atoms with van der Waals surface area (Å²) in [5, 5.41) is 0. The average Bonchev–Trinajstić information content (AvgIpc) is 3.49. The van der Waals surface area contributed by atoms with Gasteiger partial charge in [0.2, 0.25) is 0 Å². The van der Waals surface area contributed by atoms with Crippen LogP contribution in [0.5, 0.6) is 0 Å². The fraction of sp³-hybridized carbons (Fsp3) is 0.152. The van der Waals surface area contributed by atoms with Crippen LogP contribution >= 0.6 is 0 Å². The monoisotopic (exact) mass is 453 g/mol. The minimum Gasteiger partial charge on any atom is -0.456 e. The zero-order chi connectivity index (χ0) is 23.4. The molecule has 0 saturated heterocycles. The van der Waals surface area contributed by atoms with Gasteiger partial charge in [-0.05, 0) is 60.1 Å². The molecule has 0 aliphatic heterocycles. The van der Waals surface area contributed by atoms with Crippen LogP contribution in [0.25, 0.3) is 45.5 Å². The lowest BCUT2D eigenvalue weighted by atomic mass is 9.89. The summed E-state index contributed by atoms with van der Waals surface area (Å²) in [5.41, 5.74) is 11.6. The van der Waals surface area contributed by atoms with Crippen LogP contribution in [0, 0.1) is 5.92 Å². The number of furan rings is 1. The molecule has 35 heavy (non-hydrogen) atoms. The van der Waals surface area contributed by atoms with E-state index in [9.17, 15) is 0 Å². The molecule has 1 unspecified atom stereocenters. The third kappa shape index (κ3) is 3.32. The van der Waals surface area contributed by atoms with Crippen LogP contribution in [0.2, 0.25) is 0 Å². The SMILES string of the molecule is CC1C=Cc2c3c(n(-c4ccc(-c5ccccc5)cc4)c2C1)CCc1cc(-c2ccccc2)oc1-3. The van der Waals surface area contributed by atoms with Gasteiger partial charge in [0.25, 0.3) is 0 Å². The first-order valence-corrected chi connectivity index (χ1v) is 12.6. The molecule has 0 fully saturated rings. The first kappa shape index (κ1) is 20.3. The molecule has 2 aromatic heterocycles. The Bertz CT molecular complexity index is 1550. The van der Waals surface area contributed by atoms with Crippen molar-refractivity contribution in [3.8, 4) is 39.5 Å². The number of fused-ring (bicyclic) bond motifs is 5. The summed E-state index contributed by atoms with van der Waals surface area (Å²) in [6, 6.07) is 32.4. The number of hydrogen-bond donors (Lipinski definition) is 0. The molecule has 170 valence electrons. The summed E-state index contributed by atoms with van der Waals surface area (Å²) in [7, 11) is 0. The molecule has 2 aliphatic rings. The second kappa shape index (κ2) is 8.02. The lowest BCUT2D eigenvalue weighted by molar-refractivity contribution is 0.589. The molecule has 0 radical (unpaired) electrons. The van der Waals surface area contributed by atoms with Crippen LogP contribution < -0.4 is 0 Å². The number of allylic oxidation sites excluding steroid dienone is 1. The van der Waals surface area contributed by atoms with Gasteiger partial charge in [0.05, 0.1) is 0 Å². The highest BCUT2D eigenvalue weighted by Gasteiger charge is 2.32. The minimum atomic E-state index is 0.525. The van der Waals surface area contributed by atoms with E-state index in [1.165, 1.54) is 44.9 Å². The summed E-state index contributed by atoms with van der Waals surface area (Å²) < 4.78 is 9.11. The number of aromatic nitrogens is 1. The maximum absolute atomic E-state index is 6.59. The van der Waals surface area contributed by atoms with Crippen LogP contribution in [-0.2, 0) is 19.3 Å². The van der Waals surface area contributed by atoms with Crippen LogP contribution in [0.15, 0.2) is 101 Å². The second-order valence-corrected chi connectivity index (χ2v) is 9.80. The van der Waals surface area contributed by atoms with Crippen molar-refractivity contribution < 1.29 is 4.42 Å². The standard InChI is InChI=1S/C33H27NO/c1-22-12-18-28-30(20-22)34(27-16-13-24(14-17-27)23-8-4-2-5-9-23)29-19-15-26-21-31(35-33(26)32(28)29)25-10-6-3-7-11-25/h2-14,16-18,21-22H,15,19-20H2,1H3. The van der Waals surface area contributed by atoms with Crippen LogP contribution in [0.3, 0.4) is 0 Å². The molecule has 7 rings (SSSR count).